The van der Waals surface area contributed by atoms with Crippen molar-refractivity contribution in [3.63, 3.8) is 0 Å². The van der Waals surface area contributed by atoms with Crippen LogP contribution in [-0.2, 0) is 0 Å². The van der Waals surface area contributed by atoms with Crippen LogP contribution in [0.4, 0.5) is 0 Å². The summed E-state index contributed by atoms with van der Waals surface area (Å²) in [7, 11) is 0. The average molecular weight is 259 g/mol. The van der Waals surface area contributed by atoms with Gasteiger partial charge < -0.3 is 0 Å². The van der Waals surface area contributed by atoms with E-state index in [1.165, 1.54) is 0 Å². The van der Waals surface area contributed by atoms with Crippen LogP contribution in [0.15, 0.2) is 36.4 Å². The summed E-state index contributed by atoms with van der Waals surface area (Å²) in [6.45, 7) is 5.92. The second kappa shape index (κ2) is 4.95. The maximum absolute atomic E-state index is 12.4. The van der Waals surface area contributed by atoms with Gasteiger partial charge in [0.15, 0.2) is 5.78 Å². The number of hydrogen-bond acceptors (Lipinski definition) is 1. The quantitative estimate of drug-likeness (QED) is 0.725. The molecule has 0 unspecified atom stereocenters. The van der Waals surface area contributed by atoms with Gasteiger partial charge >= 0.3 is 0 Å². The summed E-state index contributed by atoms with van der Waals surface area (Å²) in [6, 6.07) is 11.3. The molecule has 0 aliphatic carbocycles. The lowest BCUT2D eigenvalue weighted by Crippen LogP contribution is -2.02. The summed E-state index contributed by atoms with van der Waals surface area (Å²) in [5, 5.41) is 0.600. The summed E-state index contributed by atoms with van der Waals surface area (Å²) in [5.41, 5.74) is 4.54. The topological polar surface area (TPSA) is 17.1 Å². The molecule has 0 atom stereocenters. The Morgan fingerprint density at radius 3 is 1.72 bits per heavy atom. The lowest BCUT2D eigenvalue weighted by molar-refractivity contribution is 0.103. The molecule has 0 radical (unpaired) electrons. The lowest BCUT2D eigenvalue weighted by atomic mass is 9.98. The van der Waals surface area contributed by atoms with Crippen molar-refractivity contribution < 1.29 is 4.79 Å². The zero-order valence-corrected chi connectivity index (χ0v) is 11.5. The van der Waals surface area contributed by atoms with Gasteiger partial charge in [-0.1, -0.05) is 28.8 Å². The van der Waals surface area contributed by atoms with Gasteiger partial charge in [-0.15, -0.1) is 0 Å². The molecule has 0 amide bonds. The number of carbonyl (C=O) groups is 1. The molecule has 92 valence electrons. The number of halogens is 1. The largest absolute Gasteiger partial charge is 0.289 e. The van der Waals surface area contributed by atoms with Gasteiger partial charge in [0, 0.05) is 16.1 Å². The first-order chi connectivity index (χ1) is 8.45. The van der Waals surface area contributed by atoms with E-state index >= 15 is 0 Å². The van der Waals surface area contributed by atoms with Crippen molar-refractivity contribution in [3.05, 3.63) is 69.2 Å². The summed E-state index contributed by atoms with van der Waals surface area (Å²) in [4.78, 5) is 12.4. The van der Waals surface area contributed by atoms with Crippen LogP contribution >= 0.6 is 11.6 Å². The van der Waals surface area contributed by atoms with Crippen molar-refractivity contribution in [2.24, 2.45) is 0 Å². The second-order valence-corrected chi connectivity index (χ2v) is 5.16. The van der Waals surface area contributed by atoms with Crippen molar-refractivity contribution in [3.8, 4) is 0 Å². The zero-order chi connectivity index (χ0) is 13.3. The Kier molecular flexibility index (Phi) is 3.53. The minimum atomic E-state index is 0.0207. The summed E-state index contributed by atoms with van der Waals surface area (Å²) >= 11 is 5.99. The molecule has 0 spiro atoms. The molecule has 0 saturated heterocycles. The van der Waals surface area contributed by atoms with Crippen LogP contribution in [0.5, 0.6) is 0 Å². The molecule has 0 aliphatic rings. The van der Waals surface area contributed by atoms with Crippen molar-refractivity contribution >= 4 is 17.4 Å². The highest BCUT2D eigenvalue weighted by molar-refractivity contribution is 6.31. The highest BCUT2D eigenvalue weighted by Gasteiger charge is 2.11. The number of hydrogen-bond donors (Lipinski definition) is 0. The molecule has 0 fully saturated rings. The van der Waals surface area contributed by atoms with E-state index in [0.29, 0.717) is 16.1 Å². The van der Waals surface area contributed by atoms with Crippen molar-refractivity contribution in [1.29, 1.82) is 0 Å². The molecule has 18 heavy (non-hydrogen) atoms. The Balaban J connectivity index is 2.47. The molecule has 0 bridgehead atoms. The molecule has 2 aromatic rings. The number of aryl methyl sites for hydroxylation is 3. The highest BCUT2D eigenvalue weighted by Crippen LogP contribution is 2.19. The van der Waals surface area contributed by atoms with Crippen LogP contribution in [0.3, 0.4) is 0 Å². The molecule has 0 aromatic heterocycles. The van der Waals surface area contributed by atoms with Crippen molar-refractivity contribution in [2.45, 2.75) is 20.8 Å². The Labute approximate surface area is 112 Å². The number of ketones is 1. The van der Waals surface area contributed by atoms with Gasteiger partial charge in [0.1, 0.15) is 0 Å². The van der Waals surface area contributed by atoms with Gasteiger partial charge in [-0.05, 0) is 56.7 Å². The molecule has 1 nitrogen and oxygen atoms in total. The number of carbonyl (C=O) groups excluding carboxylic acids is 1. The first-order valence-corrected chi connectivity index (χ1v) is 6.24. The molecule has 0 heterocycles. The Hall–Kier alpha value is -1.60. The van der Waals surface area contributed by atoms with Crippen LogP contribution in [0.25, 0.3) is 0 Å². The second-order valence-electron chi connectivity index (χ2n) is 4.72. The minimum Gasteiger partial charge on any atom is -0.289 e. The van der Waals surface area contributed by atoms with E-state index in [0.717, 1.165) is 16.7 Å². The fourth-order valence-corrected chi connectivity index (χ4v) is 2.43. The third kappa shape index (κ3) is 2.80. The van der Waals surface area contributed by atoms with Gasteiger partial charge in [-0.2, -0.15) is 0 Å². The van der Waals surface area contributed by atoms with E-state index < -0.39 is 0 Å². The van der Waals surface area contributed by atoms with E-state index in [1.54, 1.807) is 6.07 Å². The molecule has 0 N–H and O–H groups in total. The first-order valence-electron chi connectivity index (χ1n) is 5.86. The van der Waals surface area contributed by atoms with E-state index in [4.69, 9.17) is 11.6 Å². The third-order valence-electron chi connectivity index (χ3n) is 2.79. The number of rotatable bonds is 2. The van der Waals surface area contributed by atoms with Gasteiger partial charge in [0.2, 0.25) is 0 Å². The maximum atomic E-state index is 12.4. The fourth-order valence-electron chi connectivity index (χ4n) is 2.14. The smallest absolute Gasteiger partial charge is 0.193 e. The Morgan fingerprint density at radius 1 is 0.778 bits per heavy atom. The molecule has 2 rings (SSSR count). The normalized spacial score (nSPS) is 10.4. The van der Waals surface area contributed by atoms with Gasteiger partial charge in [-0.3, -0.25) is 4.79 Å². The molecule has 0 aliphatic heterocycles. The van der Waals surface area contributed by atoms with E-state index in [1.807, 2.05) is 45.0 Å². The average Bonchev–Trinajstić information content (AvgIpc) is 2.25. The summed E-state index contributed by atoms with van der Waals surface area (Å²) in [5.74, 6) is 0.0207. The monoisotopic (exact) mass is 258 g/mol. The van der Waals surface area contributed by atoms with Crippen LogP contribution in [0.2, 0.25) is 5.02 Å². The third-order valence-corrected chi connectivity index (χ3v) is 3.01. The van der Waals surface area contributed by atoms with Crippen LogP contribution in [-0.4, -0.2) is 5.78 Å². The minimum absolute atomic E-state index is 0.0207. The summed E-state index contributed by atoms with van der Waals surface area (Å²) in [6.07, 6.45) is 0. The standard InChI is InChI=1S/C16H15ClO/c1-10-4-11(2)6-13(5-10)16(18)14-7-12(3)8-15(17)9-14/h4-9H,1-3H3. The van der Waals surface area contributed by atoms with E-state index in [2.05, 4.69) is 6.07 Å². The Bertz CT molecular complexity index is 520. The molecule has 2 aromatic carbocycles. The Morgan fingerprint density at radius 2 is 1.22 bits per heavy atom. The van der Waals surface area contributed by atoms with Crippen LogP contribution in [0, 0.1) is 20.8 Å². The molecular formula is C16H15ClO. The predicted molar refractivity (Wildman–Crippen MR) is 75.5 cm³/mol. The van der Waals surface area contributed by atoms with Gasteiger partial charge in [0.05, 0.1) is 0 Å². The van der Waals surface area contributed by atoms with E-state index in [-0.39, 0.29) is 5.78 Å². The highest BCUT2D eigenvalue weighted by atomic mass is 35.5. The van der Waals surface area contributed by atoms with Gasteiger partial charge in [-0.25, -0.2) is 0 Å². The predicted octanol–water partition coefficient (Wildman–Crippen LogP) is 4.50. The number of benzene rings is 2. The van der Waals surface area contributed by atoms with Gasteiger partial charge in [0.25, 0.3) is 0 Å². The molecule has 2 heteroatoms. The molecular weight excluding hydrogens is 244 g/mol. The first kappa shape index (κ1) is 12.8. The van der Waals surface area contributed by atoms with Crippen LogP contribution < -0.4 is 0 Å². The SMILES string of the molecule is Cc1cc(C)cc(C(=O)c2cc(C)cc(Cl)c2)c1. The van der Waals surface area contributed by atoms with Crippen LogP contribution in [0.1, 0.15) is 32.6 Å². The maximum Gasteiger partial charge on any atom is 0.193 e. The molecule has 0 saturated carbocycles. The van der Waals surface area contributed by atoms with Crippen molar-refractivity contribution in [2.75, 3.05) is 0 Å². The fraction of sp³-hybridized carbons (Fsp3) is 0.188. The summed E-state index contributed by atoms with van der Waals surface area (Å²) < 4.78 is 0. The van der Waals surface area contributed by atoms with E-state index in [9.17, 15) is 4.79 Å². The van der Waals surface area contributed by atoms with Crippen molar-refractivity contribution in [1.82, 2.24) is 0 Å². The lowest BCUT2D eigenvalue weighted by Gasteiger charge is -2.06. The zero-order valence-electron chi connectivity index (χ0n) is 10.8.